The van der Waals surface area contributed by atoms with Crippen LogP contribution in [0.25, 0.3) is 0 Å². The standard InChI is InChI=1S/C6H4Cl2F2N2O.C6H4F4N2O/c1-12-4(7)2(5(8)13)3(11-12)6(9)10;1-12-5(9)2(6(10)13)3(11-12)4(7)8/h6H,1H3;4H,1H3. The highest BCUT2D eigenvalue weighted by Crippen LogP contribution is 2.28. The summed E-state index contributed by atoms with van der Waals surface area (Å²) in [6.45, 7) is 0. The zero-order valence-corrected chi connectivity index (χ0v) is 14.3. The summed E-state index contributed by atoms with van der Waals surface area (Å²) in [6.07, 6.45) is -6.04. The van der Waals surface area contributed by atoms with Crippen molar-refractivity contribution in [3.8, 4) is 0 Å². The number of aryl methyl sites for hydroxylation is 2. The Morgan fingerprint density at radius 3 is 1.69 bits per heavy atom. The van der Waals surface area contributed by atoms with Crippen LogP contribution in [0.2, 0.25) is 5.15 Å². The summed E-state index contributed by atoms with van der Waals surface area (Å²) in [4.78, 5) is 20.8. The highest BCUT2D eigenvalue weighted by Gasteiger charge is 2.28. The van der Waals surface area contributed by atoms with Gasteiger partial charge in [-0.15, -0.1) is 0 Å². The number of hydrogen-bond acceptors (Lipinski definition) is 4. The topological polar surface area (TPSA) is 69.8 Å². The van der Waals surface area contributed by atoms with Crippen molar-refractivity contribution in [2.24, 2.45) is 14.1 Å². The Morgan fingerprint density at radius 2 is 1.38 bits per heavy atom. The Morgan fingerprint density at radius 1 is 0.962 bits per heavy atom. The summed E-state index contributed by atoms with van der Waals surface area (Å²) in [5.74, 6) is -1.40. The highest BCUT2D eigenvalue weighted by molar-refractivity contribution is 6.68. The molecule has 0 saturated carbocycles. The molecular weight excluding hydrogens is 417 g/mol. The third-order valence-corrected chi connectivity index (χ3v) is 3.44. The fourth-order valence-corrected chi connectivity index (χ4v) is 2.17. The van der Waals surface area contributed by atoms with Gasteiger partial charge in [-0.1, -0.05) is 11.6 Å². The molecule has 26 heavy (non-hydrogen) atoms. The van der Waals surface area contributed by atoms with E-state index in [-0.39, 0.29) is 5.15 Å². The van der Waals surface area contributed by atoms with Crippen molar-refractivity contribution >= 4 is 34.5 Å². The fraction of sp³-hybridized carbons (Fsp3) is 0.333. The monoisotopic (exact) mass is 424 g/mol. The maximum Gasteiger partial charge on any atom is 0.338 e. The minimum Gasteiger partial charge on any atom is -0.275 e. The van der Waals surface area contributed by atoms with E-state index in [0.29, 0.717) is 4.68 Å². The molecular formula is C12H8Cl2F6N4O2. The van der Waals surface area contributed by atoms with Crippen molar-refractivity contribution in [2.75, 3.05) is 0 Å². The molecule has 2 heterocycles. The van der Waals surface area contributed by atoms with Gasteiger partial charge < -0.3 is 0 Å². The summed E-state index contributed by atoms with van der Waals surface area (Å²) in [5, 5.41) is 5.10. The number of halogens is 8. The van der Waals surface area contributed by atoms with Crippen LogP contribution in [-0.2, 0) is 14.1 Å². The Labute approximate surface area is 151 Å². The second-order valence-electron chi connectivity index (χ2n) is 4.50. The van der Waals surface area contributed by atoms with Crippen molar-refractivity contribution < 1.29 is 35.9 Å². The molecule has 2 aromatic heterocycles. The first-order valence-electron chi connectivity index (χ1n) is 6.30. The average molecular weight is 425 g/mol. The molecule has 0 unspecified atom stereocenters. The average Bonchev–Trinajstić information content (AvgIpc) is 2.98. The van der Waals surface area contributed by atoms with E-state index in [1.807, 2.05) is 0 Å². The van der Waals surface area contributed by atoms with E-state index in [0.717, 1.165) is 11.7 Å². The van der Waals surface area contributed by atoms with E-state index in [2.05, 4.69) is 10.2 Å². The van der Waals surface area contributed by atoms with Gasteiger partial charge in [0.05, 0.1) is 0 Å². The molecule has 0 aliphatic rings. The fourth-order valence-electron chi connectivity index (χ4n) is 1.72. The lowest BCUT2D eigenvalue weighted by Crippen LogP contribution is -1.99. The summed E-state index contributed by atoms with van der Waals surface area (Å²) >= 11 is 10.6. The van der Waals surface area contributed by atoms with E-state index in [1.165, 1.54) is 7.05 Å². The maximum absolute atomic E-state index is 12.7. The quantitative estimate of drug-likeness (QED) is 0.549. The number of rotatable bonds is 4. The molecule has 0 atom stereocenters. The molecule has 0 spiro atoms. The van der Waals surface area contributed by atoms with E-state index in [4.69, 9.17) is 23.2 Å². The largest absolute Gasteiger partial charge is 0.338 e. The third kappa shape index (κ3) is 4.55. The molecule has 2 aromatic rings. The third-order valence-electron chi connectivity index (χ3n) is 2.82. The molecule has 0 aliphatic carbocycles. The molecule has 2 rings (SSSR count). The molecule has 6 nitrogen and oxygen atoms in total. The van der Waals surface area contributed by atoms with Crippen LogP contribution in [0.15, 0.2) is 0 Å². The summed E-state index contributed by atoms with van der Waals surface area (Å²) in [7, 11) is 2.34. The van der Waals surface area contributed by atoms with Gasteiger partial charge in [-0.2, -0.15) is 19.0 Å². The van der Waals surface area contributed by atoms with Gasteiger partial charge >= 0.3 is 6.04 Å². The summed E-state index contributed by atoms with van der Waals surface area (Å²) in [5.41, 5.74) is -3.58. The predicted molar refractivity (Wildman–Crippen MR) is 76.9 cm³/mol. The van der Waals surface area contributed by atoms with E-state index >= 15 is 0 Å². The highest BCUT2D eigenvalue weighted by atomic mass is 35.5. The van der Waals surface area contributed by atoms with Crippen molar-refractivity contribution in [1.82, 2.24) is 19.6 Å². The van der Waals surface area contributed by atoms with Crippen LogP contribution in [0.3, 0.4) is 0 Å². The number of hydrogen-bond donors (Lipinski definition) is 0. The zero-order chi connectivity index (χ0) is 20.3. The van der Waals surface area contributed by atoms with E-state index in [1.54, 1.807) is 0 Å². The van der Waals surface area contributed by atoms with Crippen molar-refractivity contribution in [2.45, 2.75) is 12.9 Å². The number of alkyl halides is 4. The van der Waals surface area contributed by atoms with Gasteiger partial charge in [0.25, 0.3) is 18.1 Å². The lowest BCUT2D eigenvalue weighted by atomic mass is 10.2. The van der Waals surface area contributed by atoms with Gasteiger partial charge in [0.15, 0.2) is 0 Å². The van der Waals surface area contributed by atoms with Gasteiger partial charge in [-0.05, 0) is 11.6 Å². The van der Waals surface area contributed by atoms with Crippen LogP contribution >= 0.6 is 23.2 Å². The van der Waals surface area contributed by atoms with Crippen LogP contribution in [0, 0.1) is 5.95 Å². The van der Waals surface area contributed by atoms with Crippen molar-refractivity contribution in [1.29, 1.82) is 0 Å². The van der Waals surface area contributed by atoms with Gasteiger partial charge in [-0.25, -0.2) is 22.2 Å². The van der Waals surface area contributed by atoms with Crippen molar-refractivity contribution in [3.05, 3.63) is 33.6 Å². The predicted octanol–water partition coefficient (Wildman–Crippen LogP) is 4.00. The molecule has 0 N–H and O–H groups in total. The maximum atomic E-state index is 12.7. The second-order valence-corrected chi connectivity index (χ2v) is 5.20. The first kappa shape index (κ1) is 22.0. The molecule has 0 fully saturated rings. The number of nitrogens with zero attached hydrogens (tertiary/aromatic N) is 4. The SMILES string of the molecule is Cn1nc(C(F)F)c(C(=O)Cl)c1Cl.Cn1nc(C(F)F)c(C(=O)F)c1F. The van der Waals surface area contributed by atoms with Gasteiger partial charge in [0.2, 0.25) is 5.95 Å². The van der Waals surface area contributed by atoms with E-state index in [9.17, 15) is 35.9 Å². The lowest BCUT2D eigenvalue weighted by molar-refractivity contribution is 0.0816. The number of aromatic nitrogens is 4. The smallest absolute Gasteiger partial charge is 0.275 e. The first-order chi connectivity index (χ1) is 11.9. The van der Waals surface area contributed by atoms with Crippen LogP contribution < -0.4 is 0 Å². The zero-order valence-electron chi connectivity index (χ0n) is 12.8. The number of carbonyl (C=O) groups is 2. The van der Waals surface area contributed by atoms with Gasteiger partial charge in [-0.3, -0.25) is 14.3 Å². The van der Waals surface area contributed by atoms with Crippen LogP contribution in [0.4, 0.5) is 26.3 Å². The van der Waals surface area contributed by atoms with Crippen LogP contribution in [0.5, 0.6) is 0 Å². The van der Waals surface area contributed by atoms with Crippen molar-refractivity contribution in [3.63, 3.8) is 0 Å². The Hall–Kier alpha value is -2.08. The minimum atomic E-state index is -3.18. The van der Waals surface area contributed by atoms with E-state index < -0.39 is 52.6 Å². The molecule has 0 aromatic carbocycles. The molecule has 144 valence electrons. The molecule has 0 aliphatic heterocycles. The number of carbonyl (C=O) groups excluding carboxylic acids is 2. The van der Waals surface area contributed by atoms with Gasteiger partial charge in [0, 0.05) is 14.1 Å². The molecule has 0 bridgehead atoms. The summed E-state index contributed by atoms with van der Waals surface area (Å²) < 4.78 is 74.7. The lowest BCUT2D eigenvalue weighted by Gasteiger charge is -1.94. The Bertz CT molecular complexity index is 768. The first-order valence-corrected chi connectivity index (χ1v) is 7.06. The van der Waals surface area contributed by atoms with Gasteiger partial charge in [0.1, 0.15) is 27.7 Å². The summed E-state index contributed by atoms with van der Waals surface area (Å²) in [6, 6.07) is -2.25. The molecule has 14 heteroatoms. The second kappa shape index (κ2) is 8.54. The Balaban J connectivity index is 0.000000260. The van der Waals surface area contributed by atoms with Crippen LogP contribution in [0.1, 0.15) is 45.0 Å². The minimum absolute atomic E-state index is 0.185. The normalized spacial score (nSPS) is 10.9. The Kier molecular flexibility index (Phi) is 7.21. The van der Waals surface area contributed by atoms with Crippen LogP contribution in [-0.4, -0.2) is 30.8 Å². The molecule has 0 saturated heterocycles. The molecule has 0 amide bonds. The molecule has 0 radical (unpaired) electrons.